The second-order valence-corrected chi connectivity index (χ2v) is 4.47. The van der Waals surface area contributed by atoms with Crippen LogP contribution in [0.2, 0.25) is 0 Å². The average molecular weight is 175 g/mol. The standard InChI is InChI=1S/C8H20N2.C2H6/c1-7(2,9)6-8(3,4)10-5;1-2/h10H,6,9H2,1-5H3;1-2H3/p+1. The first kappa shape index (κ1) is 14.4. The van der Waals surface area contributed by atoms with Crippen LogP contribution in [-0.2, 0) is 0 Å². The minimum absolute atomic E-state index is 0.173. The molecule has 0 aliphatic rings. The molecule has 0 heterocycles. The third-order valence-electron chi connectivity index (χ3n) is 1.60. The minimum atomic E-state index is 0.173. The Balaban J connectivity index is 0. The number of rotatable bonds is 3. The Labute approximate surface area is 77.9 Å². The van der Waals surface area contributed by atoms with Gasteiger partial charge in [-0.25, -0.2) is 0 Å². The van der Waals surface area contributed by atoms with E-state index in [2.05, 4.69) is 38.7 Å². The quantitative estimate of drug-likeness (QED) is 0.669. The van der Waals surface area contributed by atoms with Crippen molar-refractivity contribution in [2.75, 3.05) is 7.05 Å². The van der Waals surface area contributed by atoms with Crippen LogP contribution >= 0.6 is 0 Å². The van der Waals surface area contributed by atoms with Gasteiger partial charge in [-0.05, 0) is 34.7 Å². The normalized spacial score (nSPS) is 12.0. The summed E-state index contributed by atoms with van der Waals surface area (Å²) in [4.78, 5) is 0. The van der Waals surface area contributed by atoms with E-state index in [1.54, 1.807) is 0 Å². The zero-order chi connectivity index (χ0) is 10.4. The van der Waals surface area contributed by atoms with Crippen molar-refractivity contribution < 1.29 is 5.73 Å². The monoisotopic (exact) mass is 175 g/mol. The molecule has 0 saturated carbocycles. The highest BCUT2D eigenvalue weighted by atomic mass is 14.9. The molecule has 0 saturated heterocycles. The fourth-order valence-corrected chi connectivity index (χ4v) is 1.28. The molecule has 76 valence electrons. The Hall–Kier alpha value is -0.0800. The Kier molecular flexibility index (Phi) is 6.68. The van der Waals surface area contributed by atoms with E-state index in [1.807, 2.05) is 20.9 Å². The van der Waals surface area contributed by atoms with E-state index in [0.717, 1.165) is 6.42 Å². The van der Waals surface area contributed by atoms with Crippen LogP contribution in [0.5, 0.6) is 0 Å². The van der Waals surface area contributed by atoms with Crippen LogP contribution in [0.25, 0.3) is 0 Å². The summed E-state index contributed by atoms with van der Waals surface area (Å²) < 4.78 is 0. The lowest BCUT2D eigenvalue weighted by atomic mass is 9.88. The first-order valence-corrected chi connectivity index (χ1v) is 4.81. The molecule has 0 radical (unpaired) electrons. The van der Waals surface area contributed by atoms with Gasteiger partial charge in [-0.3, -0.25) is 0 Å². The van der Waals surface area contributed by atoms with Crippen molar-refractivity contribution in [3.05, 3.63) is 0 Å². The SMILES string of the molecule is CC.CNC(C)(C)CC(C)(C)[NH3+]. The van der Waals surface area contributed by atoms with Gasteiger partial charge in [-0.15, -0.1) is 0 Å². The van der Waals surface area contributed by atoms with E-state index in [0.29, 0.717) is 0 Å². The second-order valence-electron chi connectivity index (χ2n) is 4.47. The minimum Gasteiger partial charge on any atom is -0.353 e. The summed E-state index contributed by atoms with van der Waals surface area (Å²) >= 11 is 0. The smallest absolute Gasteiger partial charge is 0.0906 e. The van der Waals surface area contributed by atoms with Gasteiger partial charge in [0.1, 0.15) is 0 Å². The highest BCUT2D eigenvalue weighted by Gasteiger charge is 2.26. The van der Waals surface area contributed by atoms with E-state index < -0.39 is 0 Å². The van der Waals surface area contributed by atoms with Crippen LogP contribution in [0, 0.1) is 0 Å². The van der Waals surface area contributed by atoms with Crippen LogP contribution < -0.4 is 11.1 Å². The summed E-state index contributed by atoms with van der Waals surface area (Å²) in [5.41, 5.74) is 4.45. The third kappa shape index (κ3) is 9.92. The van der Waals surface area contributed by atoms with Crippen LogP contribution in [0.1, 0.15) is 48.0 Å². The predicted molar refractivity (Wildman–Crippen MR) is 56.1 cm³/mol. The molecule has 0 amide bonds. The molecule has 0 aliphatic carbocycles. The Morgan fingerprint density at radius 2 is 1.42 bits per heavy atom. The summed E-state index contributed by atoms with van der Waals surface area (Å²) in [6.45, 7) is 12.7. The summed E-state index contributed by atoms with van der Waals surface area (Å²) in [7, 11) is 1.99. The van der Waals surface area contributed by atoms with Crippen molar-refractivity contribution in [1.29, 1.82) is 0 Å². The van der Waals surface area contributed by atoms with Gasteiger partial charge < -0.3 is 11.1 Å². The van der Waals surface area contributed by atoms with Crippen LogP contribution in [0.3, 0.4) is 0 Å². The average Bonchev–Trinajstić information content (AvgIpc) is 1.88. The molecule has 0 bridgehead atoms. The van der Waals surface area contributed by atoms with Gasteiger partial charge in [0, 0.05) is 12.0 Å². The van der Waals surface area contributed by atoms with Gasteiger partial charge in [-0.1, -0.05) is 13.8 Å². The first-order chi connectivity index (χ1) is 5.27. The Bertz CT molecular complexity index is 101. The van der Waals surface area contributed by atoms with E-state index in [-0.39, 0.29) is 11.1 Å². The molecule has 0 unspecified atom stereocenters. The van der Waals surface area contributed by atoms with Crippen molar-refractivity contribution in [3.63, 3.8) is 0 Å². The first-order valence-electron chi connectivity index (χ1n) is 4.81. The second kappa shape index (κ2) is 5.55. The molecule has 4 N–H and O–H groups in total. The molecule has 12 heavy (non-hydrogen) atoms. The fraction of sp³-hybridized carbons (Fsp3) is 1.00. The van der Waals surface area contributed by atoms with Crippen LogP contribution in [0.15, 0.2) is 0 Å². The van der Waals surface area contributed by atoms with Gasteiger partial charge in [0.05, 0.1) is 5.54 Å². The largest absolute Gasteiger partial charge is 0.353 e. The maximum Gasteiger partial charge on any atom is 0.0906 e. The Morgan fingerprint density at radius 3 is 1.50 bits per heavy atom. The lowest BCUT2D eigenvalue weighted by Gasteiger charge is -2.29. The number of quaternary nitrogens is 1. The zero-order valence-corrected chi connectivity index (χ0v) is 9.91. The van der Waals surface area contributed by atoms with E-state index in [4.69, 9.17) is 0 Å². The summed E-state index contributed by atoms with van der Waals surface area (Å²) in [6, 6.07) is 0. The van der Waals surface area contributed by atoms with Crippen molar-refractivity contribution >= 4 is 0 Å². The van der Waals surface area contributed by atoms with Crippen molar-refractivity contribution in [2.45, 2.75) is 59.0 Å². The number of hydrogen-bond acceptors (Lipinski definition) is 1. The van der Waals surface area contributed by atoms with Crippen LogP contribution in [0.4, 0.5) is 0 Å². The van der Waals surface area contributed by atoms with E-state index >= 15 is 0 Å². The molecule has 0 aliphatic heterocycles. The predicted octanol–water partition coefficient (Wildman–Crippen LogP) is 1.42. The highest BCUT2D eigenvalue weighted by molar-refractivity contribution is 4.82. The summed E-state index contributed by atoms with van der Waals surface area (Å²) in [6.07, 6.45) is 1.09. The van der Waals surface area contributed by atoms with Gasteiger partial charge in [-0.2, -0.15) is 0 Å². The molecule has 0 atom stereocenters. The van der Waals surface area contributed by atoms with Gasteiger partial charge >= 0.3 is 0 Å². The van der Waals surface area contributed by atoms with Crippen LogP contribution in [-0.4, -0.2) is 18.1 Å². The molecule has 0 fully saturated rings. The summed E-state index contributed by atoms with van der Waals surface area (Å²) in [5, 5.41) is 3.26. The number of nitrogens with one attached hydrogen (secondary N) is 1. The molecule has 0 aromatic rings. The molecule has 0 rings (SSSR count). The fourth-order valence-electron chi connectivity index (χ4n) is 1.28. The van der Waals surface area contributed by atoms with Crippen molar-refractivity contribution in [1.82, 2.24) is 5.32 Å². The highest BCUT2D eigenvalue weighted by Crippen LogP contribution is 2.14. The van der Waals surface area contributed by atoms with E-state index in [9.17, 15) is 0 Å². The third-order valence-corrected chi connectivity index (χ3v) is 1.60. The molecule has 0 aromatic carbocycles. The lowest BCUT2D eigenvalue weighted by molar-refractivity contribution is -0.469. The zero-order valence-electron chi connectivity index (χ0n) is 9.91. The van der Waals surface area contributed by atoms with Crippen molar-refractivity contribution in [3.8, 4) is 0 Å². The lowest BCUT2D eigenvalue weighted by Crippen LogP contribution is -2.71. The summed E-state index contributed by atoms with van der Waals surface area (Å²) in [5.74, 6) is 0. The topological polar surface area (TPSA) is 39.7 Å². The van der Waals surface area contributed by atoms with Crippen molar-refractivity contribution in [2.24, 2.45) is 0 Å². The molecule has 0 spiro atoms. The molecule has 2 nitrogen and oxygen atoms in total. The molecule has 0 aromatic heterocycles. The number of hydrogen-bond donors (Lipinski definition) is 2. The molecular formula is C10H27N2+. The maximum atomic E-state index is 4.06. The Morgan fingerprint density at radius 1 is 1.08 bits per heavy atom. The maximum absolute atomic E-state index is 4.06. The van der Waals surface area contributed by atoms with Gasteiger partial charge in [0.15, 0.2) is 0 Å². The molecule has 2 heteroatoms. The van der Waals surface area contributed by atoms with E-state index in [1.165, 1.54) is 0 Å². The van der Waals surface area contributed by atoms with Gasteiger partial charge in [0.25, 0.3) is 0 Å². The molecular weight excluding hydrogens is 148 g/mol. The van der Waals surface area contributed by atoms with Gasteiger partial charge in [0.2, 0.25) is 0 Å².